The van der Waals surface area contributed by atoms with Gasteiger partial charge in [0, 0.05) is 39.4 Å². The number of rotatable bonds is 4. The van der Waals surface area contributed by atoms with Crippen molar-refractivity contribution in [2.24, 2.45) is 0 Å². The fourth-order valence-electron chi connectivity index (χ4n) is 2.76. The van der Waals surface area contributed by atoms with Crippen molar-refractivity contribution in [2.45, 2.75) is 20.0 Å². The predicted molar refractivity (Wildman–Crippen MR) is 86.0 cm³/mol. The molecule has 2 heterocycles. The highest BCUT2D eigenvalue weighted by molar-refractivity contribution is 5.96. The summed E-state index contributed by atoms with van der Waals surface area (Å²) in [5.41, 5.74) is 1.38. The maximum absolute atomic E-state index is 12.5. The lowest BCUT2D eigenvalue weighted by atomic mass is 10.2. The topological polar surface area (TPSA) is 58.4 Å². The van der Waals surface area contributed by atoms with Gasteiger partial charge in [0.1, 0.15) is 5.69 Å². The van der Waals surface area contributed by atoms with Crippen molar-refractivity contribution in [2.75, 3.05) is 20.1 Å². The zero-order valence-electron chi connectivity index (χ0n) is 13.4. The number of imidazole rings is 1. The third kappa shape index (κ3) is 2.97. The van der Waals surface area contributed by atoms with E-state index in [1.807, 2.05) is 37.3 Å². The van der Waals surface area contributed by atoms with Crippen LogP contribution >= 0.6 is 0 Å². The molecule has 0 saturated carbocycles. The molecule has 6 nitrogen and oxygen atoms in total. The Labute approximate surface area is 135 Å². The third-order valence-electron chi connectivity index (χ3n) is 4.08. The Bertz CT molecular complexity index is 723. The second-order valence-corrected chi connectivity index (χ2v) is 5.67. The highest BCUT2D eigenvalue weighted by Gasteiger charge is 2.28. The summed E-state index contributed by atoms with van der Waals surface area (Å²) in [6, 6.07) is 9.79. The van der Waals surface area contributed by atoms with Crippen LogP contribution in [0.25, 0.3) is 0 Å². The first kappa shape index (κ1) is 15.3. The molecule has 1 aromatic carbocycles. The van der Waals surface area contributed by atoms with E-state index >= 15 is 0 Å². The highest BCUT2D eigenvalue weighted by Crippen LogP contribution is 2.14. The van der Waals surface area contributed by atoms with E-state index in [9.17, 15) is 9.59 Å². The monoisotopic (exact) mass is 312 g/mol. The van der Waals surface area contributed by atoms with Crippen molar-refractivity contribution in [3.63, 3.8) is 0 Å². The summed E-state index contributed by atoms with van der Waals surface area (Å²) < 4.78 is 1.78. The van der Waals surface area contributed by atoms with Crippen molar-refractivity contribution < 1.29 is 9.59 Å². The summed E-state index contributed by atoms with van der Waals surface area (Å²) in [6.45, 7) is 4.44. The van der Waals surface area contributed by atoms with Gasteiger partial charge in [0.25, 0.3) is 11.8 Å². The van der Waals surface area contributed by atoms with Crippen LogP contribution in [0.5, 0.6) is 0 Å². The first-order valence-corrected chi connectivity index (χ1v) is 7.76. The number of carbonyl (C=O) groups excluding carboxylic acids is 2. The van der Waals surface area contributed by atoms with Gasteiger partial charge in [0.15, 0.2) is 5.82 Å². The lowest BCUT2D eigenvalue weighted by molar-refractivity contribution is 0.0707. The van der Waals surface area contributed by atoms with Gasteiger partial charge in [-0.3, -0.25) is 9.59 Å². The van der Waals surface area contributed by atoms with Crippen LogP contribution in [0.2, 0.25) is 0 Å². The van der Waals surface area contributed by atoms with Crippen molar-refractivity contribution in [1.29, 1.82) is 0 Å². The molecule has 0 N–H and O–H groups in total. The molecule has 0 aliphatic carbocycles. The van der Waals surface area contributed by atoms with Crippen molar-refractivity contribution in [3.8, 4) is 0 Å². The van der Waals surface area contributed by atoms with Crippen LogP contribution < -0.4 is 0 Å². The molecule has 23 heavy (non-hydrogen) atoms. The van der Waals surface area contributed by atoms with E-state index in [-0.39, 0.29) is 11.8 Å². The van der Waals surface area contributed by atoms with Crippen LogP contribution in [0.4, 0.5) is 0 Å². The summed E-state index contributed by atoms with van der Waals surface area (Å²) in [6.07, 6.45) is 1.68. The van der Waals surface area contributed by atoms with Crippen molar-refractivity contribution in [3.05, 3.63) is 53.6 Å². The minimum atomic E-state index is -0.174. The third-order valence-corrected chi connectivity index (χ3v) is 4.08. The van der Waals surface area contributed by atoms with Gasteiger partial charge in [-0.15, -0.1) is 0 Å². The standard InChI is InChI=1S/C17H20N4O2/c1-3-20-9-10-21-12-14(18-15(21)17(20)23)16(22)19(2)11-13-7-5-4-6-8-13/h4-8,12H,3,9-11H2,1-2H3. The van der Waals surface area contributed by atoms with Gasteiger partial charge in [-0.2, -0.15) is 0 Å². The summed E-state index contributed by atoms with van der Waals surface area (Å²) in [4.78, 5) is 32.4. The SMILES string of the molecule is CCN1CCn2cc(C(=O)N(C)Cc3ccccc3)nc2C1=O. The fourth-order valence-corrected chi connectivity index (χ4v) is 2.76. The van der Waals surface area contributed by atoms with E-state index in [0.29, 0.717) is 37.7 Å². The lowest BCUT2D eigenvalue weighted by Gasteiger charge is -2.25. The summed E-state index contributed by atoms with van der Waals surface area (Å²) in [7, 11) is 1.74. The highest BCUT2D eigenvalue weighted by atomic mass is 16.2. The number of hydrogen-bond acceptors (Lipinski definition) is 3. The Morgan fingerprint density at radius 3 is 2.70 bits per heavy atom. The Balaban J connectivity index is 1.77. The molecule has 0 saturated heterocycles. The van der Waals surface area contributed by atoms with Crippen molar-refractivity contribution in [1.82, 2.24) is 19.4 Å². The largest absolute Gasteiger partial charge is 0.336 e. The van der Waals surface area contributed by atoms with Gasteiger partial charge in [-0.25, -0.2) is 4.98 Å². The van der Waals surface area contributed by atoms with Crippen LogP contribution in [0, 0.1) is 0 Å². The summed E-state index contributed by atoms with van der Waals surface area (Å²) in [5.74, 6) is 0.0738. The molecule has 2 aromatic rings. The number of aromatic nitrogens is 2. The molecule has 1 aliphatic heterocycles. The Hall–Kier alpha value is -2.63. The van der Waals surface area contributed by atoms with Gasteiger partial charge >= 0.3 is 0 Å². The minimum absolute atomic E-state index is 0.108. The van der Waals surface area contributed by atoms with Gasteiger partial charge in [0.2, 0.25) is 0 Å². The van der Waals surface area contributed by atoms with E-state index in [2.05, 4.69) is 4.98 Å². The number of hydrogen-bond donors (Lipinski definition) is 0. The van der Waals surface area contributed by atoms with Gasteiger partial charge in [-0.05, 0) is 12.5 Å². The molecule has 0 atom stereocenters. The zero-order chi connectivity index (χ0) is 16.4. The maximum atomic E-state index is 12.5. The lowest BCUT2D eigenvalue weighted by Crippen LogP contribution is -2.40. The Morgan fingerprint density at radius 2 is 2.00 bits per heavy atom. The first-order valence-electron chi connectivity index (χ1n) is 7.76. The normalized spacial score (nSPS) is 13.8. The maximum Gasteiger partial charge on any atom is 0.289 e. The van der Waals surface area contributed by atoms with Crippen LogP contribution in [-0.2, 0) is 13.1 Å². The molecule has 0 unspecified atom stereocenters. The molecule has 0 fully saturated rings. The van der Waals surface area contributed by atoms with E-state index < -0.39 is 0 Å². The number of likely N-dealkylation sites (N-methyl/N-ethyl adjacent to an activating group) is 1. The number of carbonyl (C=O) groups is 2. The molecule has 2 amide bonds. The number of nitrogens with zero attached hydrogens (tertiary/aromatic N) is 4. The molecular weight excluding hydrogens is 292 g/mol. The second-order valence-electron chi connectivity index (χ2n) is 5.67. The number of fused-ring (bicyclic) bond motifs is 1. The van der Waals surface area contributed by atoms with Gasteiger partial charge in [0.05, 0.1) is 0 Å². The quantitative estimate of drug-likeness (QED) is 0.862. The van der Waals surface area contributed by atoms with Crippen LogP contribution in [0.3, 0.4) is 0 Å². The summed E-state index contributed by atoms with van der Waals surface area (Å²) in [5, 5.41) is 0. The average molecular weight is 312 g/mol. The predicted octanol–water partition coefficient (Wildman–Crippen LogP) is 1.63. The molecule has 0 bridgehead atoms. The fraction of sp³-hybridized carbons (Fsp3) is 0.353. The average Bonchev–Trinajstić information content (AvgIpc) is 3.00. The summed E-state index contributed by atoms with van der Waals surface area (Å²) >= 11 is 0. The Kier molecular flexibility index (Phi) is 4.14. The smallest absolute Gasteiger partial charge is 0.289 e. The van der Waals surface area contributed by atoms with E-state index in [1.54, 1.807) is 27.6 Å². The van der Waals surface area contributed by atoms with E-state index in [1.165, 1.54) is 0 Å². The van der Waals surface area contributed by atoms with Gasteiger partial charge < -0.3 is 14.4 Å². The minimum Gasteiger partial charge on any atom is -0.336 e. The van der Waals surface area contributed by atoms with Crippen molar-refractivity contribution >= 4 is 11.8 Å². The molecular formula is C17H20N4O2. The molecule has 6 heteroatoms. The van der Waals surface area contributed by atoms with Gasteiger partial charge in [-0.1, -0.05) is 30.3 Å². The number of amides is 2. The molecule has 120 valence electrons. The zero-order valence-corrected chi connectivity index (χ0v) is 13.4. The van der Waals surface area contributed by atoms with Crippen LogP contribution in [0.1, 0.15) is 33.6 Å². The Morgan fingerprint density at radius 1 is 1.26 bits per heavy atom. The molecule has 1 aliphatic rings. The van der Waals surface area contributed by atoms with Crippen LogP contribution in [0.15, 0.2) is 36.5 Å². The first-order chi connectivity index (χ1) is 11.1. The molecule has 1 aromatic heterocycles. The molecule has 3 rings (SSSR count). The molecule has 0 spiro atoms. The molecule has 0 radical (unpaired) electrons. The second kappa shape index (κ2) is 6.24. The van der Waals surface area contributed by atoms with E-state index in [4.69, 9.17) is 0 Å². The van der Waals surface area contributed by atoms with E-state index in [0.717, 1.165) is 5.56 Å². The number of benzene rings is 1. The van der Waals surface area contributed by atoms with Crippen LogP contribution in [-0.4, -0.2) is 51.3 Å².